The van der Waals surface area contributed by atoms with E-state index in [1.54, 1.807) is 0 Å². The molecular formula is C14H17N3. The molecule has 0 saturated heterocycles. The maximum absolute atomic E-state index is 4.73. The van der Waals surface area contributed by atoms with Gasteiger partial charge in [0.25, 0.3) is 0 Å². The van der Waals surface area contributed by atoms with E-state index >= 15 is 0 Å². The van der Waals surface area contributed by atoms with Crippen LogP contribution in [0.4, 0.5) is 5.82 Å². The molecule has 1 aromatic carbocycles. The molecule has 1 aliphatic rings. The van der Waals surface area contributed by atoms with E-state index in [1.165, 1.54) is 23.4 Å². The van der Waals surface area contributed by atoms with Crippen molar-refractivity contribution < 1.29 is 0 Å². The Hall–Kier alpha value is -1.77. The fourth-order valence-electron chi connectivity index (χ4n) is 2.46. The first kappa shape index (κ1) is 10.4. The van der Waals surface area contributed by atoms with Gasteiger partial charge in [0.2, 0.25) is 0 Å². The number of aryl methyl sites for hydroxylation is 1. The zero-order valence-corrected chi connectivity index (χ0v) is 10.1. The molecule has 1 N–H and O–H groups in total. The van der Waals surface area contributed by atoms with Gasteiger partial charge in [0, 0.05) is 24.2 Å². The van der Waals surface area contributed by atoms with E-state index in [0.717, 1.165) is 25.2 Å². The molecule has 0 amide bonds. The van der Waals surface area contributed by atoms with Crippen LogP contribution in [0.1, 0.15) is 18.9 Å². The average Bonchev–Trinajstić information content (AvgIpc) is 2.78. The van der Waals surface area contributed by atoms with Gasteiger partial charge in [-0.05, 0) is 19.8 Å². The van der Waals surface area contributed by atoms with Crippen molar-refractivity contribution in [3.8, 4) is 11.3 Å². The number of fused-ring (bicyclic) bond motifs is 1. The second-order valence-electron chi connectivity index (χ2n) is 4.39. The normalized spacial score (nSPS) is 14.2. The monoisotopic (exact) mass is 227 g/mol. The first-order valence-corrected chi connectivity index (χ1v) is 6.29. The summed E-state index contributed by atoms with van der Waals surface area (Å²) >= 11 is 0. The zero-order valence-electron chi connectivity index (χ0n) is 10.1. The third-order valence-electron chi connectivity index (χ3n) is 3.29. The van der Waals surface area contributed by atoms with Crippen LogP contribution in [0.2, 0.25) is 0 Å². The molecule has 17 heavy (non-hydrogen) atoms. The van der Waals surface area contributed by atoms with Crippen LogP contribution >= 0.6 is 0 Å². The highest BCUT2D eigenvalue weighted by Crippen LogP contribution is 2.32. The van der Waals surface area contributed by atoms with Crippen LogP contribution in [0, 0.1) is 0 Å². The fraction of sp³-hybridized carbons (Fsp3) is 0.357. The molecule has 1 aromatic heterocycles. The number of anilines is 1. The van der Waals surface area contributed by atoms with Crippen molar-refractivity contribution in [2.45, 2.75) is 26.3 Å². The summed E-state index contributed by atoms with van der Waals surface area (Å²) in [5.41, 5.74) is 3.75. The summed E-state index contributed by atoms with van der Waals surface area (Å²) in [6, 6.07) is 10.5. The molecule has 0 unspecified atom stereocenters. The molecule has 88 valence electrons. The summed E-state index contributed by atoms with van der Waals surface area (Å²) in [6.07, 6.45) is 2.33. The number of hydrogen-bond donors (Lipinski definition) is 1. The van der Waals surface area contributed by atoms with Gasteiger partial charge in [-0.3, -0.25) is 0 Å². The lowest BCUT2D eigenvalue weighted by molar-refractivity contribution is 0.659. The van der Waals surface area contributed by atoms with E-state index in [9.17, 15) is 0 Å². The topological polar surface area (TPSA) is 29.9 Å². The van der Waals surface area contributed by atoms with Crippen molar-refractivity contribution in [2.24, 2.45) is 0 Å². The van der Waals surface area contributed by atoms with Crippen LogP contribution in [-0.4, -0.2) is 16.3 Å². The Labute approximate surface area is 101 Å². The number of rotatable bonds is 2. The number of aromatic nitrogens is 2. The van der Waals surface area contributed by atoms with E-state index in [2.05, 4.69) is 41.2 Å². The van der Waals surface area contributed by atoms with Crippen LogP contribution in [0.25, 0.3) is 11.3 Å². The standard InChI is InChI=1S/C14H17N3/c1-2-17-14-12(9-6-10-15-14)13(16-17)11-7-4-3-5-8-11/h3-5,7-8,15H,2,6,9-10H2,1H3. The minimum absolute atomic E-state index is 0.919. The quantitative estimate of drug-likeness (QED) is 0.855. The van der Waals surface area contributed by atoms with Crippen molar-refractivity contribution in [2.75, 3.05) is 11.9 Å². The van der Waals surface area contributed by atoms with Crippen molar-refractivity contribution in [3.63, 3.8) is 0 Å². The molecule has 2 aromatic rings. The first-order chi connectivity index (χ1) is 8.40. The molecule has 3 heteroatoms. The Balaban J connectivity index is 2.14. The summed E-state index contributed by atoms with van der Waals surface area (Å²) < 4.78 is 2.08. The SMILES string of the molecule is CCn1nc(-c2ccccc2)c2c1NCCC2. The van der Waals surface area contributed by atoms with Gasteiger partial charge in [-0.1, -0.05) is 30.3 Å². The van der Waals surface area contributed by atoms with Gasteiger partial charge in [0.1, 0.15) is 5.82 Å². The van der Waals surface area contributed by atoms with Crippen molar-refractivity contribution in [3.05, 3.63) is 35.9 Å². The van der Waals surface area contributed by atoms with Gasteiger partial charge >= 0.3 is 0 Å². The van der Waals surface area contributed by atoms with Crippen LogP contribution in [0.5, 0.6) is 0 Å². The maximum atomic E-state index is 4.73. The highest BCUT2D eigenvalue weighted by atomic mass is 15.3. The molecule has 0 radical (unpaired) electrons. The maximum Gasteiger partial charge on any atom is 0.128 e. The fourth-order valence-corrected chi connectivity index (χ4v) is 2.46. The lowest BCUT2D eigenvalue weighted by atomic mass is 10.0. The van der Waals surface area contributed by atoms with E-state index in [0.29, 0.717) is 0 Å². The van der Waals surface area contributed by atoms with Crippen LogP contribution in [0.15, 0.2) is 30.3 Å². The summed E-state index contributed by atoms with van der Waals surface area (Å²) in [5, 5.41) is 8.21. The Morgan fingerprint density at radius 1 is 1.29 bits per heavy atom. The molecule has 0 saturated carbocycles. The molecule has 3 nitrogen and oxygen atoms in total. The molecule has 0 aliphatic carbocycles. The molecule has 2 heterocycles. The number of hydrogen-bond acceptors (Lipinski definition) is 2. The van der Waals surface area contributed by atoms with Gasteiger partial charge in [-0.25, -0.2) is 4.68 Å². The van der Waals surface area contributed by atoms with Crippen LogP contribution in [-0.2, 0) is 13.0 Å². The van der Waals surface area contributed by atoms with Crippen molar-refractivity contribution in [1.29, 1.82) is 0 Å². The Bertz CT molecular complexity index is 514. The van der Waals surface area contributed by atoms with Crippen LogP contribution < -0.4 is 5.32 Å². The van der Waals surface area contributed by atoms with Gasteiger partial charge in [-0.2, -0.15) is 5.10 Å². The summed E-state index contributed by atoms with van der Waals surface area (Å²) in [4.78, 5) is 0. The van der Waals surface area contributed by atoms with Gasteiger partial charge in [0.05, 0.1) is 5.69 Å². The number of nitrogens with zero attached hydrogens (tertiary/aromatic N) is 2. The third kappa shape index (κ3) is 1.71. The average molecular weight is 227 g/mol. The second-order valence-corrected chi connectivity index (χ2v) is 4.39. The predicted octanol–water partition coefficient (Wildman–Crippen LogP) is 2.93. The van der Waals surface area contributed by atoms with E-state index < -0.39 is 0 Å². The molecule has 0 fully saturated rings. The van der Waals surface area contributed by atoms with Crippen molar-refractivity contribution >= 4 is 5.82 Å². The lowest BCUT2D eigenvalue weighted by Gasteiger charge is -2.15. The van der Waals surface area contributed by atoms with Gasteiger partial charge < -0.3 is 5.32 Å². The Morgan fingerprint density at radius 3 is 2.88 bits per heavy atom. The van der Waals surface area contributed by atoms with E-state index in [1.807, 2.05) is 6.07 Å². The van der Waals surface area contributed by atoms with Crippen LogP contribution in [0.3, 0.4) is 0 Å². The molecule has 0 spiro atoms. The second kappa shape index (κ2) is 4.24. The van der Waals surface area contributed by atoms with E-state index in [-0.39, 0.29) is 0 Å². The summed E-state index contributed by atoms with van der Waals surface area (Å²) in [6.45, 7) is 4.12. The molecule has 1 aliphatic heterocycles. The molecule has 0 bridgehead atoms. The minimum atomic E-state index is 0.919. The highest BCUT2D eigenvalue weighted by molar-refractivity contribution is 5.70. The van der Waals surface area contributed by atoms with E-state index in [4.69, 9.17) is 5.10 Å². The van der Waals surface area contributed by atoms with Gasteiger partial charge in [0.15, 0.2) is 0 Å². The Morgan fingerprint density at radius 2 is 2.12 bits per heavy atom. The number of benzene rings is 1. The van der Waals surface area contributed by atoms with Crippen molar-refractivity contribution in [1.82, 2.24) is 9.78 Å². The molecule has 0 atom stereocenters. The molecule has 3 rings (SSSR count). The predicted molar refractivity (Wildman–Crippen MR) is 70.1 cm³/mol. The smallest absolute Gasteiger partial charge is 0.128 e. The summed E-state index contributed by atoms with van der Waals surface area (Å²) in [5.74, 6) is 1.22. The minimum Gasteiger partial charge on any atom is -0.370 e. The van der Waals surface area contributed by atoms with Gasteiger partial charge in [-0.15, -0.1) is 0 Å². The largest absolute Gasteiger partial charge is 0.370 e. The summed E-state index contributed by atoms with van der Waals surface area (Å²) in [7, 11) is 0. The lowest BCUT2D eigenvalue weighted by Crippen LogP contribution is -2.14. The molecular weight excluding hydrogens is 210 g/mol. The number of nitrogens with one attached hydrogen (secondary N) is 1. The third-order valence-corrected chi connectivity index (χ3v) is 3.29. The first-order valence-electron chi connectivity index (χ1n) is 6.29. The highest BCUT2D eigenvalue weighted by Gasteiger charge is 2.20. The Kier molecular flexibility index (Phi) is 2.59. The zero-order chi connectivity index (χ0) is 11.7.